The Labute approximate surface area is 126 Å². The average Bonchev–Trinajstić information content (AvgIpc) is 3.16. The topological polar surface area (TPSA) is 31.0 Å². The summed E-state index contributed by atoms with van der Waals surface area (Å²) in [5.74, 6) is 1.01. The van der Waals surface area contributed by atoms with Crippen LogP contribution in [0.1, 0.15) is 28.6 Å². The number of aromatic nitrogens is 2. The molecule has 0 aliphatic heterocycles. The van der Waals surface area contributed by atoms with E-state index < -0.39 is 0 Å². The fraction of sp³-hybridized carbons (Fsp3) is 0.188. The largest absolute Gasteiger partial charge is 0.469 e. The third-order valence-electron chi connectivity index (χ3n) is 3.29. The molecule has 0 bridgehead atoms. The van der Waals surface area contributed by atoms with Crippen LogP contribution in [0.2, 0.25) is 0 Å². The Balaban J connectivity index is 1.91. The van der Waals surface area contributed by atoms with Gasteiger partial charge in [0.25, 0.3) is 0 Å². The molecule has 3 aromatic rings. The fourth-order valence-corrected chi connectivity index (χ4v) is 2.88. The fourth-order valence-electron chi connectivity index (χ4n) is 2.23. The van der Waals surface area contributed by atoms with Crippen molar-refractivity contribution in [3.05, 3.63) is 71.9 Å². The van der Waals surface area contributed by atoms with E-state index in [2.05, 4.69) is 28.0 Å². The number of hydrogen-bond donors (Lipinski definition) is 0. The summed E-state index contributed by atoms with van der Waals surface area (Å²) in [5, 5.41) is 4.43. The van der Waals surface area contributed by atoms with Gasteiger partial charge < -0.3 is 4.42 Å². The summed E-state index contributed by atoms with van der Waals surface area (Å²) in [5.41, 5.74) is 3.34. The van der Waals surface area contributed by atoms with Gasteiger partial charge >= 0.3 is 0 Å². The van der Waals surface area contributed by atoms with E-state index in [1.54, 1.807) is 6.26 Å². The van der Waals surface area contributed by atoms with Crippen LogP contribution in [-0.2, 0) is 6.42 Å². The number of para-hydroxylation sites is 1. The van der Waals surface area contributed by atoms with Crippen molar-refractivity contribution in [3.8, 4) is 5.69 Å². The lowest BCUT2D eigenvalue weighted by atomic mass is 10.1. The molecule has 0 radical (unpaired) electrons. The maximum absolute atomic E-state index is 5.49. The van der Waals surface area contributed by atoms with Crippen LogP contribution >= 0.6 is 15.9 Å². The standard InChI is InChI=1S/C16H15BrN2O/c1-2-15-14(8-9-20-15)16(17)12-10-18-19(11-12)13-6-4-3-5-7-13/h3-11,16H,2H2,1H3. The summed E-state index contributed by atoms with van der Waals surface area (Å²) < 4.78 is 7.37. The number of halogens is 1. The van der Waals surface area contributed by atoms with Crippen LogP contribution in [0.4, 0.5) is 0 Å². The highest BCUT2D eigenvalue weighted by molar-refractivity contribution is 9.09. The van der Waals surface area contributed by atoms with E-state index in [1.165, 1.54) is 5.56 Å². The molecule has 0 N–H and O–H groups in total. The highest BCUT2D eigenvalue weighted by Crippen LogP contribution is 2.33. The van der Waals surface area contributed by atoms with Gasteiger partial charge in [0.1, 0.15) is 5.76 Å². The normalized spacial score (nSPS) is 12.5. The molecule has 2 heterocycles. The summed E-state index contributed by atoms with van der Waals surface area (Å²) in [6.45, 7) is 2.09. The van der Waals surface area contributed by atoms with E-state index in [0.29, 0.717) is 0 Å². The summed E-state index contributed by atoms with van der Waals surface area (Å²) in [6.07, 6.45) is 6.56. The van der Waals surface area contributed by atoms with E-state index in [9.17, 15) is 0 Å². The quantitative estimate of drug-likeness (QED) is 0.659. The first-order valence-corrected chi connectivity index (χ1v) is 7.51. The molecule has 1 atom stereocenters. The summed E-state index contributed by atoms with van der Waals surface area (Å²) in [7, 11) is 0. The van der Waals surface area contributed by atoms with Gasteiger partial charge in [-0.25, -0.2) is 4.68 Å². The molecule has 0 amide bonds. The summed E-state index contributed by atoms with van der Waals surface area (Å²) in [6, 6.07) is 12.1. The number of rotatable bonds is 4. The minimum Gasteiger partial charge on any atom is -0.469 e. The predicted octanol–water partition coefficient (Wildman–Crippen LogP) is 4.51. The molecule has 0 saturated carbocycles. The zero-order chi connectivity index (χ0) is 13.9. The predicted molar refractivity (Wildman–Crippen MR) is 82.4 cm³/mol. The number of nitrogens with zero attached hydrogens (tertiary/aromatic N) is 2. The zero-order valence-electron chi connectivity index (χ0n) is 11.2. The third kappa shape index (κ3) is 2.43. The molecule has 0 saturated heterocycles. The lowest BCUT2D eigenvalue weighted by Gasteiger charge is -2.07. The first-order valence-electron chi connectivity index (χ1n) is 6.60. The molecule has 2 aromatic heterocycles. The van der Waals surface area contributed by atoms with Gasteiger partial charge in [-0.1, -0.05) is 41.1 Å². The molecule has 20 heavy (non-hydrogen) atoms. The zero-order valence-corrected chi connectivity index (χ0v) is 12.7. The molecule has 1 unspecified atom stereocenters. The monoisotopic (exact) mass is 330 g/mol. The van der Waals surface area contributed by atoms with Crippen molar-refractivity contribution in [1.29, 1.82) is 0 Å². The van der Waals surface area contributed by atoms with Gasteiger partial charge in [0.2, 0.25) is 0 Å². The van der Waals surface area contributed by atoms with Crippen molar-refractivity contribution >= 4 is 15.9 Å². The minimum atomic E-state index is 0.105. The molecular formula is C16H15BrN2O. The molecule has 0 fully saturated rings. The molecule has 3 rings (SSSR count). The summed E-state index contributed by atoms with van der Waals surface area (Å²) in [4.78, 5) is 0.105. The van der Waals surface area contributed by atoms with Gasteiger partial charge in [0.05, 0.1) is 23.0 Å². The van der Waals surface area contributed by atoms with Crippen LogP contribution in [0.3, 0.4) is 0 Å². The maximum atomic E-state index is 5.49. The Hall–Kier alpha value is -1.81. The van der Waals surface area contributed by atoms with E-state index in [0.717, 1.165) is 23.4 Å². The second-order valence-electron chi connectivity index (χ2n) is 4.57. The first-order chi connectivity index (χ1) is 9.79. The Bertz CT molecular complexity index is 687. The van der Waals surface area contributed by atoms with Gasteiger partial charge in [0, 0.05) is 23.7 Å². The second-order valence-corrected chi connectivity index (χ2v) is 5.48. The van der Waals surface area contributed by atoms with Crippen LogP contribution < -0.4 is 0 Å². The number of alkyl halides is 1. The number of furan rings is 1. The average molecular weight is 331 g/mol. The van der Waals surface area contributed by atoms with Crippen LogP contribution in [0, 0.1) is 0 Å². The highest BCUT2D eigenvalue weighted by atomic mass is 79.9. The van der Waals surface area contributed by atoms with Gasteiger partial charge in [-0.05, 0) is 18.2 Å². The third-order valence-corrected chi connectivity index (χ3v) is 4.31. The van der Waals surface area contributed by atoms with Crippen LogP contribution in [0.15, 0.2) is 59.5 Å². The number of aryl methyl sites for hydroxylation is 1. The van der Waals surface area contributed by atoms with Crippen LogP contribution in [-0.4, -0.2) is 9.78 Å². The Morgan fingerprint density at radius 2 is 2.05 bits per heavy atom. The van der Waals surface area contributed by atoms with E-state index in [-0.39, 0.29) is 4.83 Å². The van der Waals surface area contributed by atoms with E-state index in [1.807, 2.05) is 53.5 Å². The van der Waals surface area contributed by atoms with Gasteiger partial charge in [-0.2, -0.15) is 5.10 Å². The lowest BCUT2D eigenvalue weighted by molar-refractivity contribution is 0.512. The molecule has 3 nitrogen and oxygen atoms in total. The van der Waals surface area contributed by atoms with E-state index >= 15 is 0 Å². The molecular weight excluding hydrogens is 316 g/mol. The first kappa shape index (κ1) is 13.2. The van der Waals surface area contributed by atoms with Crippen LogP contribution in [0.25, 0.3) is 5.69 Å². The van der Waals surface area contributed by atoms with Crippen molar-refractivity contribution in [2.45, 2.75) is 18.2 Å². The molecule has 0 aliphatic rings. The minimum absolute atomic E-state index is 0.105. The maximum Gasteiger partial charge on any atom is 0.108 e. The molecule has 0 aliphatic carbocycles. The van der Waals surface area contributed by atoms with Crippen molar-refractivity contribution < 1.29 is 4.42 Å². The van der Waals surface area contributed by atoms with Gasteiger partial charge in [0.15, 0.2) is 0 Å². The molecule has 1 aromatic carbocycles. The molecule has 0 spiro atoms. The van der Waals surface area contributed by atoms with Crippen molar-refractivity contribution in [2.24, 2.45) is 0 Å². The van der Waals surface area contributed by atoms with E-state index in [4.69, 9.17) is 4.42 Å². The van der Waals surface area contributed by atoms with Crippen LogP contribution in [0.5, 0.6) is 0 Å². The lowest BCUT2D eigenvalue weighted by Crippen LogP contribution is -1.95. The van der Waals surface area contributed by atoms with Gasteiger partial charge in [-0.3, -0.25) is 0 Å². The summed E-state index contributed by atoms with van der Waals surface area (Å²) >= 11 is 3.74. The number of benzene rings is 1. The molecule has 102 valence electrons. The van der Waals surface area contributed by atoms with Crippen molar-refractivity contribution in [1.82, 2.24) is 9.78 Å². The Kier molecular flexibility index (Phi) is 3.74. The Morgan fingerprint density at radius 3 is 2.80 bits per heavy atom. The highest BCUT2D eigenvalue weighted by Gasteiger charge is 2.17. The van der Waals surface area contributed by atoms with Crippen molar-refractivity contribution in [3.63, 3.8) is 0 Å². The van der Waals surface area contributed by atoms with Crippen molar-refractivity contribution in [2.75, 3.05) is 0 Å². The van der Waals surface area contributed by atoms with Gasteiger partial charge in [-0.15, -0.1) is 0 Å². The molecule has 4 heteroatoms. The smallest absolute Gasteiger partial charge is 0.108 e. The second kappa shape index (κ2) is 5.67. The number of hydrogen-bond acceptors (Lipinski definition) is 2. The Morgan fingerprint density at radius 1 is 1.25 bits per heavy atom. The SMILES string of the molecule is CCc1occc1C(Br)c1cnn(-c2ccccc2)c1.